The van der Waals surface area contributed by atoms with Crippen molar-refractivity contribution in [2.24, 2.45) is 5.92 Å². The maximum Gasteiger partial charge on any atom is 0.308 e. The average Bonchev–Trinajstić information content (AvgIpc) is 3.61. The fourth-order valence-corrected chi connectivity index (χ4v) is 6.72. The molecule has 2 aliphatic rings. The fraction of sp³-hybridized carbons (Fsp3) is 0.571. The molecule has 2 heterocycles. The van der Waals surface area contributed by atoms with Crippen LogP contribution >= 0.6 is 0 Å². The summed E-state index contributed by atoms with van der Waals surface area (Å²) in [7, 11) is 7.95. The summed E-state index contributed by atoms with van der Waals surface area (Å²) in [6.07, 6.45) is 2.20. The largest absolute Gasteiger partial charge is 0.493 e. The zero-order chi connectivity index (χ0) is 33.6. The number of quaternary nitrogens is 1. The number of benzene rings is 2. The second-order valence-corrected chi connectivity index (χ2v) is 13.3. The van der Waals surface area contributed by atoms with Gasteiger partial charge in [-0.3, -0.25) is 19.3 Å². The van der Waals surface area contributed by atoms with E-state index in [-0.39, 0.29) is 25.2 Å². The summed E-state index contributed by atoms with van der Waals surface area (Å²) in [5.41, 5.74) is 2.74. The third-order valence-corrected chi connectivity index (χ3v) is 8.92. The highest BCUT2D eigenvalue weighted by atomic mass is 16.7. The van der Waals surface area contributed by atoms with Gasteiger partial charge in [0.2, 0.25) is 24.4 Å². The van der Waals surface area contributed by atoms with Gasteiger partial charge in [0.1, 0.15) is 6.54 Å². The molecule has 11 nitrogen and oxygen atoms in total. The van der Waals surface area contributed by atoms with Crippen LogP contribution in [0, 0.1) is 5.92 Å². The van der Waals surface area contributed by atoms with E-state index in [4.69, 9.17) is 14.2 Å². The van der Waals surface area contributed by atoms with Gasteiger partial charge >= 0.3 is 5.97 Å². The number of rotatable bonds is 15. The second-order valence-electron chi connectivity index (χ2n) is 13.3. The number of unbranched alkanes of at least 4 members (excludes halogenated alkanes) is 1. The van der Waals surface area contributed by atoms with Crippen LogP contribution in [0.25, 0.3) is 0 Å². The summed E-state index contributed by atoms with van der Waals surface area (Å²) >= 11 is 0. The van der Waals surface area contributed by atoms with Crippen LogP contribution < -0.4 is 19.1 Å². The lowest BCUT2D eigenvalue weighted by molar-refractivity contribution is -0.884. The molecule has 11 heteroatoms. The van der Waals surface area contributed by atoms with Crippen molar-refractivity contribution in [1.29, 1.82) is 0 Å². The van der Waals surface area contributed by atoms with Gasteiger partial charge in [-0.2, -0.15) is 0 Å². The van der Waals surface area contributed by atoms with Gasteiger partial charge < -0.3 is 33.6 Å². The number of anilines is 1. The number of hydrogen-bond acceptors (Lipinski definition) is 7. The zero-order valence-electron chi connectivity index (χ0n) is 28.5. The van der Waals surface area contributed by atoms with Crippen molar-refractivity contribution in [2.45, 2.75) is 58.5 Å². The number of hydrogen-bond donors (Lipinski definition) is 1. The molecular weight excluding hydrogens is 588 g/mol. The van der Waals surface area contributed by atoms with Crippen molar-refractivity contribution in [3.63, 3.8) is 0 Å². The summed E-state index contributed by atoms with van der Waals surface area (Å²) < 4.78 is 17.6. The number of carbonyl (C=O) groups excluding carboxylic acids is 2. The van der Waals surface area contributed by atoms with E-state index in [9.17, 15) is 19.5 Å². The SMILES string of the molecule is CCCCN(C(=O)CN1C[C@H](c2cc(OC)c3c(c2)OCO3)[C@@H](C(=O)O)[C@@H]1CCN(CC)C(C)=O)c1cccc(C[N+](C)(C)C)c1. The Morgan fingerprint density at radius 1 is 1.09 bits per heavy atom. The van der Waals surface area contributed by atoms with Gasteiger partial charge in [-0.25, -0.2) is 0 Å². The first kappa shape index (κ1) is 35.0. The van der Waals surface area contributed by atoms with Gasteiger partial charge in [-0.1, -0.05) is 25.5 Å². The van der Waals surface area contributed by atoms with Crippen molar-refractivity contribution >= 4 is 23.5 Å². The molecule has 1 saturated heterocycles. The van der Waals surface area contributed by atoms with Crippen LogP contribution in [0.15, 0.2) is 36.4 Å². The summed E-state index contributed by atoms with van der Waals surface area (Å²) in [4.78, 5) is 45.1. The number of ether oxygens (including phenoxy) is 3. The molecule has 0 aliphatic carbocycles. The average molecular weight is 640 g/mol. The molecule has 0 bridgehead atoms. The van der Waals surface area contributed by atoms with Crippen molar-refractivity contribution in [2.75, 3.05) is 72.7 Å². The standard InChI is InChI=1S/C35H50N4O7/c1-8-10-15-38(27-13-11-12-25(17-27)22-39(4,5)6)32(41)21-37-20-28(26-18-30(44-7)34-31(19-26)45-23-46-34)33(35(42)43)29(37)14-16-36(9-2)24(3)40/h11-13,17-19,28-29,33H,8-10,14-16,20-23H2,1-7H3/p+1/t28-,29+,33-/m1/s1. The number of carbonyl (C=O) groups is 3. The van der Waals surface area contributed by atoms with Crippen LogP contribution in [0.1, 0.15) is 57.1 Å². The van der Waals surface area contributed by atoms with E-state index in [1.54, 1.807) is 12.0 Å². The van der Waals surface area contributed by atoms with Crippen LogP contribution in [0.2, 0.25) is 0 Å². The van der Waals surface area contributed by atoms with Crippen LogP contribution in [0.4, 0.5) is 5.69 Å². The molecule has 0 aromatic heterocycles. The molecule has 3 atom stereocenters. The van der Waals surface area contributed by atoms with Crippen LogP contribution in [0.5, 0.6) is 17.2 Å². The number of fused-ring (bicyclic) bond motifs is 1. The van der Waals surface area contributed by atoms with Crippen LogP contribution in [-0.4, -0.2) is 111 Å². The molecule has 2 aliphatic heterocycles. The first-order valence-corrected chi connectivity index (χ1v) is 16.3. The Balaban J connectivity index is 1.69. The molecule has 2 aromatic rings. The monoisotopic (exact) mass is 639 g/mol. The first-order chi connectivity index (χ1) is 21.9. The molecule has 0 unspecified atom stereocenters. The third-order valence-electron chi connectivity index (χ3n) is 8.92. The Morgan fingerprint density at radius 2 is 1.85 bits per heavy atom. The highest BCUT2D eigenvalue weighted by Gasteiger charge is 2.48. The lowest BCUT2D eigenvalue weighted by atomic mass is 9.84. The Hall–Kier alpha value is -3.83. The molecule has 1 N–H and O–H groups in total. The molecule has 46 heavy (non-hydrogen) atoms. The van der Waals surface area contributed by atoms with Crippen molar-refractivity contribution in [1.82, 2.24) is 9.80 Å². The summed E-state index contributed by atoms with van der Waals surface area (Å²) in [6.45, 7) is 8.32. The van der Waals surface area contributed by atoms with Crippen molar-refractivity contribution < 1.29 is 38.2 Å². The van der Waals surface area contributed by atoms with Crippen molar-refractivity contribution in [3.8, 4) is 17.2 Å². The maximum atomic E-state index is 14.2. The van der Waals surface area contributed by atoms with Gasteiger partial charge in [0.15, 0.2) is 11.5 Å². The van der Waals surface area contributed by atoms with Gasteiger partial charge in [-0.15, -0.1) is 0 Å². The Morgan fingerprint density at radius 3 is 2.48 bits per heavy atom. The number of amides is 2. The summed E-state index contributed by atoms with van der Waals surface area (Å²) in [5, 5.41) is 10.7. The molecule has 2 aromatic carbocycles. The van der Waals surface area contributed by atoms with E-state index in [0.717, 1.165) is 40.7 Å². The maximum absolute atomic E-state index is 14.2. The molecule has 4 rings (SSSR count). The van der Waals surface area contributed by atoms with E-state index in [1.807, 2.05) is 41.0 Å². The minimum absolute atomic E-state index is 0.0576. The number of carboxylic acid groups (broad SMARTS) is 1. The molecule has 2 amide bonds. The van der Waals surface area contributed by atoms with E-state index in [0.29, 0.717) is 49.8 Å². The lowest BCUT2D eigenvalue weighted by Crippen LogP contribution is -2.46. The van der Waals surface area contributed by atoms with E-state index < -0.39 is 23.8 Å². The minimum atomic E-state index is -0.941. The highest BCUT2D eigenvalue weighted by Crippen LogP contribution is 2.47. The molecule has 0 saturated carbocycles. The lowest BCUT2D eigenvalue weighted by Gasteiger charge is -2.31. The Kier molecular flexibility index (Phi) is 11.6. The number of likely N-dealkylation sites (tertiary alicyclic amines) is 1. The Bertz CT molecular complexity index is 1390. The number of carboxylic acids is 1. The Labute approximate surface area is 273 Å². The predicted molar refractivity (Wildman–Crippen MR) is 176 cm³/mol. The smallest absolute Gasteiger partial charge is 0.308 e. The number of methoxy groups -OCH3 is 1. The van der Waals surface area contributed by atoms with E-state index >= 15 is 0 Å². The molecule has 0 radical (unpaired) electrons. The summed E-state index contributed by atoms with van der Waals surface area (Å²) in [6, 6.07) is 11.3. The number of nitrogens with zero attached hydrogens (tertiary/aromatic N) is 4. The predicted octanol–water partition coefficient (Wildman–Crippen LogP) is 4.19. The topological polar surface area (TPSA) is 109 Å². The first-order valence-electron chi connectivity index (χ1n) is 16.3. The van der Waals surface area contributed by atoms with E-state index in [2.05, 4.69) is 40.2 Å². The molecule has 0 spiro atoms. The quantitative estimate of drug-likeness (QED) is 0.289. The van der Waals surface area contributed by atoms with E-state index in [1.165, 1.54) is 6.92 Å². The van der Waals surface area contributed by atoms with Crippen LogP contribution in [-0.2, 0) is 20.9 Å². The molecule has 252 valence electrons. The summed E-state index contributed by atoms with van der Waals surface area (Å²) in [5.74, 6) is -0.851. The van der Waals surface area contributed by atoms with Gasteiger partial charge in [-0.05, 0) is 49.6 Å². The fourth-order valence-electron chi connectivity index (χ4n) is 6.72. The van der Waals surface area contributed by atoms with Gasteiger partial charge in [0, 0.05) is 56.3 Å². The third kappa shape index (κ3) is 8.30. The van der Waals surface area contributed by atoms with Crippen molar-refractivity contribution in [3.05, 3.63) is 47.5 Å². The number of aliphatic carboxylic acids is 1. The molecular formula is C35H51N4O7+. The van der Waals surface area contributed by atoms with Crippen LogP contribution in [0.3, 0.4) is 0 Å². The zero-order valence-corrected chi connectivity index (χ0v) is 28.5. The minimum Gasteiger partial charge on any atom is -0.493 e. The van der Waals surface area contributed by atoms with Gasteiger partial charge in [0.05, 0.1) is 40.7 Å². The van der Waals surface area contributed by atoms with Gasteiger partial charge in [0.25, 0.3) is 0 Å². The normalized spacial score (nSPS) is 19.2. The highest BCUT2D eigenvalue weighted by molar-refractivity contribution is 5.95. The second kappa shape index (κ2) is 15.2. The molecule has 1 fully saturated rings.